The second-order valence-electron chi connectivity index (χ2n) is 1.72. The first-order chi connectivity index (χ1) is 4.27. The molecule has 1 rings (SSSR count). The maximum absolute atomic E-state index is 12.8. The van der Waals surface area contributed by atoms with Crippen LogP contribution in [0.4, 0.5) is 4.39 Å². The zero-order chi connectivity index (χ0) is 6.74. The summed E-state index contributed by atoms with van der Waals surface area (Å²) < 4.78 is 12.8. The molecule has 0 bridgehead atoms. The van der Waals surface area contributed by atoms with Gasteiger partial charge in [0.05, 0.1) is 0 Å². The Kier molecular flexibility index (Phi) is 1.50. The Hall–Kier alpha value is -0.870. The number of nitrogens with one attached hydrogen (secondary N) is 2. The number of hydrogen-bond acceptors (Lipinski definition) is 3. The average molecular weight is 129 g/mol. The van der Waals surface area contributed by atoms with Crippen LogP contribution in [0.5, 0.6) is 0 Å². The molecule has 0 amide bonds. The van der Waals surface area contributed by atoms with Gasteiger partial charge < -0.3 is 5.32 Å². The highest BCUT2D eigenvalue weighted by Crippen LogP contribution is 2.05. The van der Waals surface area contributed by atoms with Gasteiger partial charge in [0.25, 0.3) is 5.92 Å². The predicted molar refractivity (Wildman–Crippen MR) is 32.6 cm³/mol. The van der Waals surface area contributed by atoms with Gasteiger partial charge in [-0.3, -0.25) is 5.84 Å². The topological polar surface area (TPSA) is 50.1 Å². The summed E-state index contributed by atoms with van der Waals surface area (Å²) in [6.45, 7) is 0. The Morgan fingerprint density at radius 2 is 2.33 bits per heavy atom. The molecule has 4 heteroatoms. The molecule has 0 fully saturated rings. The van der Waals surface area contributed by atoms with Gasteiger partial charge in [0.15, 0.2) is 0 Å². The van der Waals surface area contributed by atoms with E-state index in [4.69, 9.17) is 5.84 Å². The number of rotatable bonds is 1. The second kappa shape index (κ2) is 2.16. The van der Waals surface area contributed by atoms with Crippen molar-refractivity contribution in [1.82, 2.24) is 10.7 Å². The third-order valence-electron chi connectivity index (χ3n) is 1.04. The van der Waals surface area contributed by atoms with Crippen LogP contribution in [0.3, 0.4) is 0 Å². The molecule has 4 N–H and O–H groups in total. The van der Waals surface area contributed by atoms with E-state index in [0.29, 0.717) is 0 Å². The Bertz CT molecular complexity index is 154. The van der Waals surface area contributed by atoms with Gasteiger partial charge in [-0.1, -0.05) is 6.08 Å². The molecule has 9 heavy (non-hydrogen) atoms. The molecular formula is C5H8FN3. The molecule has 1 aliphatic rings. The number of nitrogens with two attached hydrogens (primary N) is 1. The number of hydrazine groups is 1. The van der Waals surface area contributed by atoms with E-state index in [0.717, 1.165) is 0 Å². The first-order valence-corrected chi connectivity index (χ1v) is 2.56. The third kappa shape index (κ3) is 1.28. The Balaban J connectivity index is 2.63. The standard InChI is InChI=1S/C5H8FN3/c6-5(9-7)3-1-2-4-8-5/h1-4,8-9H,7H2. The van der Waals surface area contributed by atoms with Crippen LogP contribution in [0.2, 0.25) is 0 Å². The van der Waals surface area contributed by atoms with E-state index in [2.05, 4.69) is 5.32 Å². The number of allylic oxidation sites excluding steroid dienone is 2. The monoisotopic (exact) mass is 129 g/mol. The lowest BCUT2D eigenvalue weighted by molar-refractivity contribution is 0.148. The first-order valence-electron chi connectivity index (χ1n) is 2.56. The van der Waals surface area contributed by atoms with E-state index in [1.54, 1.807) is 12.2 Å². The number of alkyl halides is 1. The minimum atomic E-state index is -1.77. The van der Waals surface area contributed by atoms with Gasteiger partial charge >= 0.3 is 0 Å². The molecule has 0 aliphatic carbocycles. The molecule has 50 valence electrons. The van der Waals surface area contributed by atoms with Crippen molar-refractivity contribution in [3.8, 4) is 0 Å². The van der Waals surface area contributed by atoms with Gasteiger partial charge in [0.2, 0.25) is 0 Å². The summed E-state index contributed by atoms with van der Waals surface area (Å²) in [6.07, 6.45) is 6.00. The SMILES string of the molecule is NNC1(F)C=CC=CN1. The van der Waals surface area contributed by atoms with E-state index in [-0.39, 0.29) is 0 Å². The van der Waals surface area contributed by atoms with E-state index >= 15 is 0 Å². The lowest BCUT2D eigenvalue weighted by atomic mass is 10.3. The molecule has 0 saturated carbocycles. The highest BCUT2D eigenvalue weighted by molar-refractivity contribution is 5.14. The first kappa shape index (κ1) is 6.25. The molecule has 0 aromatic carbocycles. The zero-order valence-electron chi connectivity index (χ0n) is 4.76. The Labute approximate surface area is 52.4 Å². The van der Waals surface area contributed by atoms with Crippen molar-refractivity contribution >= 4 is 0 Å². The summed E-state index contributed by atoms with van der Waals surface area (Å²) in [6, 6.07) is 0. The van der Waals surface area contributed by atoms with Crippen molar-refractivity contribution in [2.24, 2.45) is 5.84 Å². The van der Waals surface area contributed by atoms with Gasteiger partial charge in [-0.05, 0) is 12.2 Å². The molecule has 1 unspecified atom stereocenters. The molecule has 0 spiro atoms. The molecule has 1 aliphatic heterocycles. The quantitative estimate of drug-likeness (QED) is 0.260. The second-order valence-corrected chi connectivity index (χ2v) is 1.72. The van der Waals surface area contributed by atoms with Crippen LogP contribution in [-0.2, 0) is 0 Å². The van der Waals surface area contributed by atoms with Crippen molar-refractivity contribution in [3.63, 3.8) is 0 Å². The van der Waals surface area contributed by atoms with Gasteiger partial charge in [0.1, 0.15) is 0 Å². The molecule has 1 heterocycles. The Morgan fingerprint density at radius 1 is 1.56 bits per heavy atom. The fourth-order valence-corrected chi connectivity index (χ4v) is 0.551. The van der Waals surface area contributed by atoms with Crippen molar-refractivity contribution in [2.45, 2.75) is 5.92 Å². The lowest BCUT2D eigenvalue weighted by Gasteiger charge is -2.22. The maximum atomic E-state index is 12.8. The van der Waals surface area contributed by atoms with E-state index in [1.807, 2.05) is 5.43 Å². The third-order valence-corrected chi connectivity index (χ3v) is 1.04. The lowest BCUT2D eigenvalue weighted by Crippen LogP contribution is -2.53. The summed E-state index contributed by atoms with van der Waals surface area (Å²) in [5, 5.41) is 2.38. The molecule has 0 aromatic heterocycles. The van der Waals surface area contributed by atoms with Crippen molar-refractivity contribution in [1.29, 1.82) is 0 Å². The summed E-state index contributed by atoms with van der Waals surface area (Å²) in [4.78, 5) is 0. The highest BCUT2D eigenvalue weighted by Gasteiger charge is 2.22. The van der Waals surface area contributed by atoms with Gasteiger partial charge in [-0.2, -0.15) is 4.39 Å². The molecule has 0 aromatic rings. The van der Waals surface area contributed by atoms with E-state index < -0.39 is 5.92 Å². The smallest absolute Gasteiger partial charge is 0.266 e. The average Bonchev–Trinajstić information content (AvgIpc) is 1.90. The summed E-state index contributed by atoms with van der Waals surface area (Å²) >= 11 is 0. The maximum Gasteiger partial charge on any atom is 0.266 e. The summed E-state index contributed by atoms with van der Waals surface area (Å²) in [5.41, 5.74) is 1.96. The van der Waals surface area contributed by atoms with Crippen LogP contribution in [0.15, 0.2) is 24.4 Å². The van der Waals surface area contributed by atoms with E-state index in [1.165, 1.54) is 12.3 Å². The number of halogens is 1. The van der Waals surface area contributed by atoms with Gasteiger partial charge in [-0.15, -0.1) is 0 Å². The van der Waals surface area contributed by atoms with Crippen molar-refractivity contribution in [3.05, 3.63) is 24.4 Å². The van der Waals surface area contributed by atoms with Crippen LogP contribution in [0.25, 0.3) is 0 Å². The molecular weight excluding hydrogens is 121 g/mol. The molecule has 0 saturated heterocycles. The number of dihydropyridines is 1. The molecule has 1 atom stereocenters. The highest BCUT2D eigenvalue weighted by atomic mass is 19.1. The summed E-state index contributed by atoms with van der Waals surface area (Å²) in [7, 11) is 0. The van der Waals surface area contributed by atoms with Crippen molar-refractivity contribution in [2.75, 3.05) is 0 Å². The van der Waals surface area contributed by atoms with Crippen LogP contribution in [-0.4, -0.2) is 5.92 Å². The van der Waals surface area contributed by atoms with Crippen LogP contribution in [0, 0.1) is 0 Å². The molecule has 0 radical (unpaired) electrons. The van der Waals surface area contributed by atoms with Crippen molar-refractivity contribution < 1.29 is 4.39 Å². The minimum Gasteiger partial charge on any atom is -0.343 e. The van der Waals surface area contributed by atoms with Crippen LogP contribution in [0.1, 0.15) is 0 Å². The largest absolute Gasteiger partial charge is 0.343 e. The normalized spacial score (nSPS) is 32.2. The van der Waals surface area contributed by atoms with Crippen LogP contribution < -0.4 is 16.6 Å². The minimum absolute atomic E-state index is 1.28. The fraction of sp³-hybridized carbons (Fsp3) is 0.200. The fourth-order valence-electron chi connectivity index (χ4n) is 0.551. The van der Waals surface area contributed by atoms with E-state index in [9.17, 15) is 4.39 Å². The van der Waals surface area contributed by atoms with Crippen LogP contribution >= 0.6 is 0 Å². The Morgan fingerprint density at radius 3 is 2.67 bits per heavy atom. The zero-order valence-corrected chi connectivity index (χ0v) is 4.76. The molecule has 3 nitrogen and oxygen atoms in total. The van der Waals surface area contributed by atoms with Gasteiger partial charge in [-0.25, -0.2) is 5.43 Å². The van der Waals surface area contributed by atoms with Gasteiger partial charge in [0, 0.05) is 6.20 Å². The summed E-state index contributed by atoms with van der Waals surface area (Å²) in [5.74, 6) is 3.10. The number of hydrogen-bond donors (Lipinski definition) is 3. The predicted octanol–water partition coefficient (Wildman–Crippen LogP) is -0.254.